The van der Waals surface area contributed by atoms with E-state index in [1.165, 1.54) is 38.8 Å². The van der Waals surface area contributed by atoms with Crippen LogP contribution in [-0.4, -0.2) is 90.2 Å². The van der Waals surface area contributed by atoms with Gasteiger partial charge in [0.25, 0.3) is 0 Å². The number of methoxy groups -OCH3 is 1. The number of aromatic nitrogens is 4. The summed E-state index contributed by atoms with van der Waals surface area (Å²) in [6, 6.07) is 8.47. The lowest BCUT2D eigenvalue weighted by atomic mass is 9.91. The molecule has 2 saturated heterocycles. The van der Waals surface area contributed by atoms with Crippen molar-refractivity contribution in [1.29, 1.82) is 0 Å². The Morgan fingerprint density at radius 3 is 2.61 bits per heavy atom. The minimum Gasteiger partial charge on any atom is -0.494 e. The van der Waals surface area contributed by atoms with E-state index >= 15 is 0 Å². The number of anilines is 5. The number of likely N-dealkylation sites (tertiary alicyclic amines) is 1. The first kappa shape index (κ1) is 35.3. The molecule has 7 rings (SSSR count). The first-order chi connectivity index (χ1) is 24.6. The van der Waals surface area contributed by atoms with Crippen molar-refractivity contribution in [3.63, 3.8) is 0 Å². The van der Waals surface area contributed by atoms with Gasteiger partial charge in [0.2, 0.25) is 5.95 Å². The zero-order valence-electron chi connectivity index (χ0n) is 29.9. The summed E-state index contributed by atoms with van der Waals surface area (Å²) in [5.41, 5.74) is 5.66. The largest absolute Gasteiger partial charge is 0.494 e. The lowest BCUT2D eigenvalue weighted by Crippen LogP contribution is -2.48. The molecule has 0 amide bonds. The van der Waals surface area contributed by atoms with Crippen molar-refractivity contribution in [3.8, 4) is 16.9 Å². The number of piperidine rings is 1. The van der Waals surface area contributed by atoms with Crippen LogP contribution < -0.4 is 25.6 Å². The Hall–Kier alpha value is -4.06. The van der Waals surface area contributed by atoms with E-state index < -0.39 is 7.14 Å². The van der Waals surface area contributed by atoms with Crippen LogP contribution in [0.5, 0.6) is 5.75 Å². The Balaban J connectivity index is 1.22. The number of rotatable bonds is 12. The summed E-state index contributed by atoms with van der Waals surface area (Å²) in [4.78, 5) is 23.4. The monoisotopic (exact) mass is 772 g/mol. The van der Waals surface area contributed by atoms with Crippen LogP contribution in [0.25, 0.3) is 11.1 Å². The summed E-state index contributed by atoms with van der Waals surface area (Å²) in [5.74, 6) is 3.20. The van der Waals surface area contributed by atoms with Crippen LogP contribution in [0.4, 0.5) is 40.2 Å². The van der Waals surface area contributed by atoms with Gasteiger partial charge in [0.15, 0.2) is 0 Å². The van der Waals surface area contributed by atoms with E-state index in [0.29, 0.717) is 50.4 Å². The number of halogens is 1. The third-order valence-corrected chi connectivity index (χ3v) is 12.3. The summed E-state index contributed by atoms with van der Waals surface area (Å²) in [7, 11) is 0.809. The van der Waals surface area contributed by atoms with Crippen LogP contribution >= 0.6 is 23.1 Å². The molecule has 0 radical (unpaired) electrons. The summed E-state index contributed by atoms with van der Waals surface area (Å²) in [6.07, 6.45) is 12.6. The number of hydrogen-bond acceptors (Lipinski definition) is 11. The second-order valence-electron chi connectivity index (χ2n) is 14.1. The molecule has 1 saturated carbocycles. The van der Waals surface area contributed by atoms with Crippen LogP contribution in [0.15, 0.2) is 57.3 Å². The van der Waals surface area contributed by atoms with Crippen LogP contribution in [0.3, 0.4) is 0 Å². The maximum atomic E-state index is 13.6. The predicted octanol–water partition coefficient (Wildman–Crippen LogP) is 7.75. The molecule has 0 bridgehead atoms. The van der Waals surface area contributed by atoms with Crippen LogP contribution in [-0.2, 0) is 11.6 Å². The zero-order chi connectivity index (χ0) is 35.9. The van der Waals surface area contributed by atoms with Crippen LogP contribution in [0, 0.1) is 11.8 Å². The van der Waals surface area contributed by atoms with Crippen molar-refractivity contribution in [2.45, 2.75) is 38.6 Å². The normalized spacial score (nSPS) is 19.4. The molecule has 14 heteroatoms. The van der Waals surface area contributed by atoms with Crippen molar-refractivity contribution in [2.75, 3.05) is 62.2 Å². The highest BCUT2D eigenvalue weighted by atomic mass is 79.9. The second kappa shape index (κ2) is 14.5. The fourth-order valence-corrected chi connectivity index (χ4v) is 9.24. The highest BCUT2D eigenvalue weighted by Gasteiger charge is 2.41. The van der Waals surface area contributed by atoms with Gasteiger partial charge in [-0.05, 0) is 105 Å². The van der Waals surface area contributed by atoms with E-state index in [0.717, 1.165) is 47.4 Å². The molecule has 3 fully saturated rings. The molecular weight excluding hydrogens is 727 g/mol. The Kier molecular flexibility index (Phi) is 10.1. The third-order valence-electron chi connectivity index (χ3n) is 10.2. The highest BCUT2D eigenvalue weighted by molar-refractivity contribution is 9.10. The average molecular weight is 774 g/mol. The summed E-state index contributed by atoms with van der Waals surface area (Å²) in [5, 5.41) is 11.9. The molecule has 12 nitrogen and oxygen atoms in total. The van der Waals surface area contributed by atoms with Gasteiger partial charge in [0.1, 0.15) is 24.4 Å². The van der Waals surface area contributed by atoms with Gasteiger partial charge in [-0.3, -0.25) is 19.6 Å². The van der Waals surface area contributed by atoms with E-state index in [9.17, 15) is 4.57 Å². The number of hydrogen-bond donors (Lipinski definition) is 2. The second-order valence-corrected chi connectivity index (χ2v) is 18.1. The number of aliphatic imine (C=N–C) groups is 2. The van der Waals surface area contributed by atoms with E-state index in [-0.39, 0.29) is 0 Å². The number of aryl methyl sites for hydroxylation is 1. The number of nitrogens with zero attached hydrogens (tertiary/aromatic N) is 8. The van der Waals surface area contributed by atoms with Crippen molar-refractivity contribution in [3.05, 3.63) is 47.3 Å². The molecule has 268 valence electrons. The summed E-state index contributed by atoms with van der Waals surface area (Å²) in [6.45, 7) is 13.4. The molecule has 2 aliphatic heterocycles. The molecule has 4 aromatic rings. The Labute approximate surface area is 308 Å². The molecule has 2 unspecified atom stereocenters. The molecule has 2 aromatic heterocycles. The van der Waals surface area contributed by atoms with Gasteiger partial charge < -0.3 is 24.8 Å². The maximum absolute atomic E-state index is 13.6. The lowest BCUT2D eigenvalue weighted by molar-refractivity contribution is 0.201. The molecule has 1 aliphatic carbocycles. The Bertz CT molecular complexity index is 2020. The average Bonchev–Trinajstić information content (AvgIpc) is 3.69. The third kappa shape index (κ3) is 7.47. The number of nitrogens with one attached hydrogen (secondary N) is 2. The topological polar surface area (TPSA) is 125 Å². The Morgan fingerprint density at radius 1 is 1.12 bits per heavy atom. The van der Waals surface area contributed by atoms with Crippen LogP contribution in [0.2, 0.25) is 0 Å². The highest BCUT2D eigenvalue weighted by Crippen LogP contribution is 2.47. The van der Waals surface area contributed by atoms with Crippen molar-refractivity contribution in [2.24, 2.45) is 28.9 Å². The predicted molar refractivity (Wildman–Crippen MR) is 213 cm³/mol. The van der Waals surface area contributed by atoms with E-state index in [4.69, 9.17) is 9.72 Å². The minimum atomic E-state index is -2.82. The summed E-state index contributed by atoms with van der Waals surface area (Å²) < 4.78 is 22.1. The molecule has 0 spiro atoms. The van der Waals surface area contributed by atoms with E-state index in [1.807, 2.05) is 30.9 Å². The Morgan fingerprint density at radius 2 is 1.92 bits per heavy atom. The van der Waals surface area contributed by atoms with Gasteiger partial charge in [-0.2, -0.15) is 10.1 Å². The van der Waals surface area contributed by atoms with Gasteiger partial charge in [0.05, 0.1) is 40.1 Å². The zero-order valence-corrected chi connectivity index (χ0v) is 32.4. The molecule has 2 N–H and O–H groups in total. The lowest BCUT2D eigenvalue weighted by Gasteiger charge is -2.40. The van der Waals surface area contributed by atoms with Crippen molar-refractivity contribution >= 4 is 81.5 Å². The SMILES string of the molecule is C=Nc1ccc(Nc2nc(Nc3cc(-c4cnn(C)c4)c(N4CCC5CCN(CC6CC6)C5C4)cc3OC)ncc2Br)c(P(C)(C)=O)c1/N=C\C. The number of fused-ring (bicyclic) bond motifs is 1. The van der Waals surface area contributed by atoms with Crippen molar-refractivity contribution < 1.29 is 9.30 Å². The van der Waals surface area contributed by atoms with Crippen molar-refractivity contribution in [1.82, 2.24) is 24.6 Å². The summed E-state index contributed by atoms with van der Waals surface area (Å²) >= 11 is 3.61. The molecule has 4 heterocycles. The number of benzene rings is 2. The first-order valence-electron chi connectivity index (χ1n) is 17.5. The maximum Gasteiger partial charge on any atom is 0.229 e. The van der Waals surface area contributed by atoms with Gasteiger partial charge in [-0.15, -0.1) is 0 Å². The fourth-order valence-electron chi connectivity index (χ4n) is 7.56. The minimum absolute atomic E-state index is 0.361. The molecular formula is C37H46BrN10O2P. The molecule has 2 aromatic carbocycles. The van der Waals surface area contributed by atoms with Gasteiger partial charge in [-0.25, -0.2) is 4.98 Å². The number of ether oxygens (including phenoxy) is 1. The molecule has 2 atom stereocenters. The van der Waals surface area contributed by atoms with E-state index in [2.05, 4.69) is 81.5 Å². The quantitative estimate of drug-likeness (QED) is 0.110. The van der Waals surface area contributed by atoms with E-state index in [1.54, 1.807) is 38.9 Å². The van der Waals surface area contributed by atoms with Crippen LogP contribution in [0.1, 0.15) is 32.6 Å². The first-order valence-corrected chi connectivity index (χ1v) is 20.9. The van der Waals surface area contributed by atoms with Gasteiger partial charge in [-0.1, -0.05) is 0 Å². The standard InChI is InChI=1S/C37H46BrN10O2P/c1-7-40-34-28(39-2)10-11-29(35(34)51(5,6)49)43-36-27(38)19-41-37(45-36)44-30-16-26(25-18-42-46(3)21-25)31(17-33(30)50-4)48-15-13-24-12-14-47(32(24)22-48)20-23-8-9-23/h7,10-11,16-19,21,23-24,32H,2,8-9,12-15,20,22H2,1,3-6H3,(H2,41,43,44,45)/b40-7-. The molecule has 51 heavy (non-hydrogen) atoms. The molecule has 3 aliphatic rings. The fraction of sp³-hybridized carbons (Fsp3) is 0.432. The van der Waals surface area contributed by atoms with Gasteiger partial charge >= 0.3 is 0 Å². The smallest absolute Gasteiger partial charge is 0.229 e. The van der Waals surface area contributed by atoms with Gasteiger partial charge in [0, 0.05) is 74.2 Å².